The van der Waals surface area contributed by atoms with Crippen LogP contribution in [-0.4, -0.2) is 48.1 Å². The number of hydrogen-bond acceptors (Lipinski definition) is 4. The van der Waals surface area contributed by atoms with Crippen molar-refractivity contribution in [2.24, 2.45) is 0 Å². The lowest BCUT2D eigenvalue weighted by Gasteiger charge is -2.30. The third-order valence-corrected chi connectivity index (χ3v) is 3.59. The molecule has 21 heavy (non-hydrogen) atoms. The van der Waals surface area contributed by atoms with Crippen molar-refractivity contribution in [3.8, 4) is 5.75 Å². The number of halogens is 1. The van der Waals surface area contributed by atoms with Crippen molar-refractivity contribution < 1.29 is 19.4 Å². The number of anilines is 1. The third kappa shape index (κ3) is 4.34. The molecule has 1 aromatic carbocycles. The number of nitrogens with zero attached hydrogens (tertiary/aromatic N) is 1. The molecule has 1 aromatic rings. The number of likely N-dealkylation sites (N-methyl/N-ethyl adjacent to an activating group) is 1. The predicted octanol–water partition coefficient (Wildman–Crippen LogP) is 2.08. The maximum Gasteiger partial charge on any atom is 0.323 e. The number of aliphatic carboxylic acids is 1. The SMILES string of the molecule is COc1ccc(NC(=O)CN(C)C(C)(C)C(=O)O)cc1Cl. The largest absolute Gasteiger partial charge is 0.495 e. The number of methoxy groups -OCH3 is 1. The van der Waals surface area contributed by atoms with Crippen molar-refractivity contribution in [3.63, 3.8) is 0 Å². The van der Waals surface area contributed by atoms with Crippen LogP contribution in [0, 0.1) is 0 Å². The topological polar surface area (TPSA) is 78.9 Å². The van der Waals surface area contributed by atoms with Gasteiger partial charge in [0.1, 0.15) is 11.3 Å². The van der Waals surface area contributed by atoms with E-state index in [0.717, 1.165) is 0 Å². The van der Waals surface area contributed by atoms with Gasteiger partial charge in [0.15, 0.2) is 0 Å². The summed E-state index contributed by atoms with van der Waals surface area (Å²) in [6.07, 6.45) is 0. The van der Waals surface area contributed by atoms with E-state index < -0.39 is 11.5 Å². The first kappa shape index (κ1) is 17.3. The van der Waals surface area contributed by atoms with Crippen molar-refractivity contribution >= 4 is 29.2 Å². The van der Waals surface area contributed by atoms with E-state index in [1.165, 1.54) is 25.9 Å². The summed E-state index contributed by atoms with van der Waals surface area (Å²) in [6.45, 7) is 3.02. The molecule has 2 N–H and O–H groups in total. The first-order chi connectivity index (χ1) is 9.68. The second kappa shape index (κ2) is 6.78. The Kier molecular flexibility index (Phi) is 5.57. The Morgan fingerprint density at radius 1 is 1.43 bits per heavy atom. The minimum Gasteiger partial charge on any atom is -0.495 e. The number of carbonyl (C=O) groups is 2. The lowest BCUT2D eigenvalue weighted by Crippen LogP contribution is -2.50. The minimum atomic E-state index is -1.13. The molecule has 1 amide bonds. The van der Waals surface area contributed by atoms with Crippen LogP contribution in [0.15, 0.2) is 18.2 Å². The van der Waals surface area contributed by atoms with Crippen LogP contribution in [0.4, 0.5) is 5.69 Å². The summed E-state index contributed by atoms with van der Waals surface area (Å²) in [5, 5.41) is 12.1. The lowest BCUT2D eigenvalue weighted by atomic mass is 10.0. The number of hydrogen-bond donors (Lipinski definition) is 2. The normalized spacial score (nSPS) is 11.3. The van der Waals surface area contributed by atoms with Crippen molar-refractivity contribution in [2.75, 3.05) is 26.0 Å². The number of carbonyl (C=O) groups excluding carboxylic acids is 1. The molecule has 0 aliphatic carbocycles. The van der Waals surface area contributed by atoms with Crippen LogP contribution >= 0.6 is 11.6 Å². The van der Waals surface area contributed by atoms with Crippen LogP contribution in [0.5, 0.6) is 5.75 Å². The highest BCUT2D eigenvalue weighted by atomic mass is 35.5. The molecule has 0 fully saturated rings. The molecular formula is C14H19ClN2O4. The standard InChI is InChI=1S/C14H19ClN2O4/c1-14(2,13(19)20)17(3)8-12(18)16-9-5-6-11(21-4)10(15)7-9/h5-7H,8H2,1-4H3,(H,16,18)(H,19,20). The molecule has 1 rings (SSSR count). The monoisotopic (exact) mass is 314 g/mol. The van der Waals surface area contributed by atoms with Crippen LogP contribution in [0.3, 0.4) is 0 Å². The number of carboxylic acids is 1. The Labute approximate surface area is 128 Å². The number of amides is 1. The Morgan fingerprint density at radius 3 is 2.52 bits per heavy atom. The van der Waals surface area contributed by atoms with Crippen LogP contribution in [0.1, 0.15) is 13.8 Å². The molecule has 0 atom stereocenters. The molecule has 0 bridgehead atoms. The first-order valence-electron chi connectivity index (χ1n) is 6.26. The molecule has 7 heteroatoms. The average molecular weight is 315 g/mol. The summed E-state index contributed by atoms with van der Waals surface area (Å²) in [7, 11) is 3.08. The smallest absolute Gasteiger partial charge is 0.323 e. The molecule has 0 aliphatic rings. The Hall–Kier alpha value is -1.79. The fraction of sp³-hybridized carbons (Fsp3) is 0.429. The molecule has 0 aliphatic heterocycles. The number of benzene rings is 1. The highest BCUT2D eigenvalue weighted by molar-refractivity contribution is 6.32. The van der Waals surface area contributed by atoms with Crippen molar-refractivity contribution in [1.82, 2.24) is 4.90 Å². The van der Waals surface area contributed by atoms with Crippen molar-refractivity contribution in [1.29, 1.82) is 0 Å². The number of rotatable bonds is 6. The van der Waals surface area contributed by atoms with Gasteiger partial charge in [-0.05, 0) is 39.1 Å². The van der Waals surface area contributed by atoms with Gasteiger partial charge in [0.25, 0.3) is 0 Å². The molecule has 116 valence electrons. The van der Waals surface area contributed by atoms with E-state index in [2.05, 4.69) is 5.32 Å². The zero-order valence-corrected chi connectivity index (χ0v) is 13.2. The van der Waals surface area contributed by atoms with E-state index in [1.807, 2.05) is 0 Å². The lowest BCUT2D eigenvalue weighted by molar-refractivity contribution is -0.148. The zero-order valence-electron chi connectivity index (χ0n) is 12.4. The van der Waals surface area contributed by atoms with Crippen molar-refractivity contribution in [2.45, 2.75) is 19.4 Å². The zero-order chi connectivity index (χ0) is 16.2. The van der Waals surface area contributed by atoms with E-state index in [1.54, 1.807) is 25.2 Å². The molecule has 0 saturated carbocycles. The first-order valence-corrected chi connectivity index (χ1v) is 6.64. The van der Waals surface area contributed by atoms with Gasteiger partial charge in [-0.25, -0.2) is 0 Å². The van der Waals surface area contributed by atoms with E-state index in [-0.39, 0.29) is 12.5 Å². The maximum atomic E-state index is 11.9. The third-order valence-electron chi connectivity index (χ3n) is 3.29. The Morgan fingerprint density at radius 2 is 2.05 bits per heavy atom. The highest BCUT2D eigenvalue weighted by Crippen LogP contribution is 2.27. The van der Waals surface area contributed by atoms with E-state index >= 15 is 0 Å². The summed E-state index contributed by atoms with van der Waals surface area (Å²) in [5.41, 5.74) is -0.609. The van der Waals surface area contributed by atoms with Crippen LogP contribution < -0.4 is 10.1 Å². The fourth-order valence-corrected chi connectivity index (χ4v) is 1.78. The fourth-order valence-electron chi connectivity index (χ4n) is 1.52. The van der Waals surface area contributed by atoms with Gasteiger partial charge in [-0.1, -0.05) is 11.6 Å². The van der Waals surface area contributed by atoms with Crippen molar-refractivity contribution in [3.05, 3.63) is 23.2 Å². The van der Waals surface area contributed by atoms with Gasteiger partial charge in [-0.3, -0.25) is 14.5 Å². The van der Waals surface area contributed by atoms with Gasteiger partial charge in [0.05, 0.1) is 18.7 Å². The van der Waals surface area contributed by atoms with Gasteiger partial charge in [-0.2, -0.15) is 0 Å². The number of carboxylic acid groups (broad SMARTS) is 1. The van der Waals surface area contributed by atoms with Gasteiger partial charge in [-0.15, -0.1) is 0 Å². The van der Waals surface area contributed by atoms with Gasteiger partial charge in [0.2, 0.25) is 5.91 Å². The Bertz CT molecular complexity index is 546. The summed E-state index contributed by atoms with van der Waals surface area (Å²) in [6, 6.07) is 4.87. The van der Waals surface area contributed by atoms with Crippen LogP contribution in [0.25, 0.3) is 0 Å². The van der Waals surface area contributed by atoms with E-state index in [4.69, 9.17) is 21.4 Å². The van der Waals surface area contributed by atoms with Crippen LogP contribution in [0.2, 0.25) is 5.02 Å². The summed E-state index contributed by atoms with van der Waals surface area (Å²) < 4.78 is 5.02. The minimum absolute atomic E-state index is 0.0526. The quantitative estimate of drug-likeness (QED) is 0.840. The summed E-state index contributed by atoms with van der Waals surface area (Å²) >= 11 is 5.97. The molecule has 0 saturated heterocycles. The van der Waals surface area contributed by atoms with E-state index in [9.17, 15) is 9.59 Å². The predicted molar refractivity (Wildman–Crippen MR) is 81.0 cm³/mol. The Balaban J connectivity index is 2.70. The summed E-state index contributed by atoms with van der Waals surface area (Å²) in [4.78, 5) is 24.5. The summed E-state index contributed by atoms with van der Waals surface area (Å²) in [5.74, 6) is -0.808. The second-order valence-electron chi connectivity index (χ2n) is 5.12. The van der Waals surface area contributed by atoms with Crippen LogP contribution in [-0.2, 0) is 9.59 Å². The second-order valence-corrected chi connectivity index (χ2v) is 5.52. The molecule has 0 radical (unpaired) electrons. The van der Waals surface area contributed by atoms with Gasteiger partial charge < -0.3 is 15.2 Å². The van der Waals surface area contributed by atoms with Gasteiger partial charge >= 0.3 is 5.97 Å². The maximum absolute atomic E-state index is 11.9. The highest BCUT2D eigenvalue weighted by Gasteiger charge is 2.32. The molecule has 0 unspecified atom stereocenters. The number of ether oxygens (including phenoxy) is 1. The van der Waals surface area contributed by atoms with Gasteiger partial charge in [0, 0.05) is 5.69 Å². The number of nitrogens with one attached hydrogen (secondary N) is 1. The molecule has 6 nitrogen and oxygen atoms in total. The molecule has 0 aromatic heterocycles. The average Bonchev–Trinajstić information content (AvgIpc) is 2.38. The molecule has 0 spiro atoms. The molecule has 0 heterocycles. The molecular weight excluding hydrogens is 296 g/mol. The van der Waals surface area contributed by atoms with E-state index in [0.29, 0.717) is 16.5 Å².